The molecule has 2 atom stereocenters. The van der Waals surface area contributed by atoms with Gasteiger partial charge in [-0.15, -0.1) is 6.58 Å². The third-order valence-electron chi connectivity index (χ3n) is 2.92. The zero-order chi connectivity index (χ0) is 17.1. The van der Waals surface area contributed by atoms with Crippen LogP contribution in [0.15, 0.2) is 43.0 Å². The Hall–Kier alpha value is -1.24. The van der Waals surface area contributed by atoms with Crippen molar-refractivity contribution in [2.45, 2.75) is 51.5 Å². The first-order valence-corrected chi connectivity index (χ1v) is 7.83. The molecule has 0 radical (unpaired) electrons. The van der Waals surface area contributed by atoms with Crippen molar-refractivity contribution in [3.8, 4) is 0 Å². The molecular formula is C18H28O5. The molecule has 5 nitrogen and oxygen atoms in total. The highest BCUT2D eigenvalue weighted by Gasteiger charge is 2.22. The van der Waals surface area contributed by atoms with Gasteiger partial charge in [-0.2, -0.15) is 0 Å². The van der Waals surface area contributed by atoms with Crippen molar-refractivity contribution in [1.82, 2.24) is 0 Å². The van der Waals surface area contributed by atoms with Crippen LogP contribution in [0, 0.1) is 0 Å². The fraction of sp³-hybridized carbons (Fsp3) is 0.556. The number of ether oxygens (including phenoxy) is 3. The monoisotopic (exact) mass is 324 g/mol. The van der Waals surface area contributed by atoms with Crippen LogP contribution in [0.4, 0.5) is 0 Å². The minimum absolute atomic E-state index is 0.0976. The first-order chi connectivity index (χ1) is 10.9. The molecule has 0 aliphatic carbocycles. The molecule has 130 valence electrons. The normalized spacial score (nSPS) is 21.2. The molecule has 1 aliphatic rings. The molecule has 0 saturated carbocycles. The molecule has 0 bridgehead atoms. The van der Waals surface area contributed by atoms with Crippen LogP contribution in [0.5, 0.6) is 0 Å². The molecule has 1 aliphatic heterocycles. The highest BCUT2D eigenvalue weighted by atomic mass is 16.7. The number of hydrogen-bond donors (Lipinski definition) is 2. The van der Waals surface area contributed by atoms with Crippen molar-refractivity contribution < 1.29 is 24.4 Å². The van der Waals surface area contributed by atoms with Crippen molar-refractivity contribution in [3.63, 3.8) is 0 Å². The summed E-state index contributed by atoms with van der Waals surface area (Å²) < 4.78 is 16.9. The smallest absolute Gasteiger partial charge is 0.158 e. The topological polar surface area (TPSA) is 68.2 Å². The second-order valence-corrected chi connectivity index (χ2v) is 5.88. The maximum Gasteiger partial charge on any atom is 0.158 e. The lowest BCUT2D eigenvalue weighted by Crippen LogP contribution is -2.32. The molecule has 23 heavy (non-hydrogen) atoms. The van der Waals surface area contributed by atoms with E-state index in [1.54, 1.807) is 6.08 Å². The number of rotatable bonds is 6. The minimum Gasteiger partial charge on any atom is -0.371 e. The summed E-state index contributed by atoms with van der Waals surface area (Å²) in [6.45, 7) is 8.01. The van der Waals surface area contributed by atoms with Crippen molar-refractivity contribution in [1.29, 1.82) is 0 Å². The van der Waals surface area contributed by atoms with E-state index in [0.717, 1.165) is 12.8 Å². The van der Waals surface area contributed by atoms with Gasteiger partial charge in [-0.3, -0.25) is 0 Å². The summed E-state index contributed by atoms with van der Waals surface area (Å²) >= 11 is 0. The summed E-state index contributed by atoms with van der Waals surface area (Å²) in [6.07, 6.45) is 3.68. The Kier molecular flexibility index (Phi) is 9.06. The Morgan fingerprint density at radius 1 is 1.22 bits per heavy atom. The van der Waals surface area contributed by atoms with Crippen LogP contribution in [-0.2, 0) is 20.8 Å². The Morgan fingerprint density at radius 2 is 1.87 bits per heavy atom. The highest BCUT2D eigenvalue weighted by molar-refractivity contribution is 5.13. The first kappa shape index (κ1) is 19.8. The average molecular weight is 324 g/mol. The minimum atomic E-state index is -1.50. The largest absolute Gasteiger partial charge is 0.371 e. The highest BCUT2D eigenvalue weighted by Crippen LogP contribution is 2.18. The van der Waals surface area contributed by atoms with E-state index >= 15 is 0 Å². The molecule has 5 heteroatoms. The molecule has 2 N–H and O–H groups in total. The Bertz CT molecular complexity index is 413. The molecule has 0 aromatic heterocycles. The molecule has 0 spiro atoms. The van der Waals surface area contributed by atoms with E-state index < -0.39 is 5.79 Å². The van der Waals surface area contributed by atoms with E-state index in [0.29, 0.717) is 19.8 Å². The Balaban J connectivity index is 0.000000463. The summed E-state index contributed by atoms with van der Waals surface area (Å²) in [7, 11) is 0. The van der Waals surface area contributed by atoms with Gasteiger partial charge in [0.05, 0.1) is 25.9 Å². The average Bonchev–Trinajstić information content (AvgIpc) is 2.51. The Labute approximate surface area is 138 Å². The molecule has 1 aromatic rings. The third-order valence-corrected chi connectivity index (χ3v) is 2.92. The Morgan fingerprint density at radius 3 is 2.39 bits per heavy atom. The van der Waals surface area contributed by atoms with Crippen LogP contribution in [0.2, 0.25) is 0 Å². The molecular weight excluding hydrogens is 296 g/mol. The van der Waals surface area contributed by atoms with Crippen LogP contribution in [0.1, 0.15) is 32.3 Å². The second-order valence-electron chi connectivity index (χ2n) is 5.88. The van der Waals surface area contributed by atoms with Crippen LogP contribution in [0.3, 0.4) is 0 Å². The van der Waals surface area contributed by atoms with Crippen LogP contribution in [0.25, 0.3) is 0 Å². The van der Waals surface area contributed by atoms with Gasteiger partial charge in [0.25, 0.3) is 0 Å². The van der Waals surface area contributed by atoms with Crippen molar-refractivity contribution in [2.75, 3.05) is 13.2 Å². The molecule has 0 amide bonds. The summed E-state index contributed by atoms with van der Waals surface area (Å²) in [5.41, 5.74) is 1.20. The second kappa shape index (κ2) is 10.5. The van der Waals surface area contributed by atoms with E-state index in [4.69, 9.17) is 24.4 Å². The van der Waals surface area contributed by atoms with Gasteiger partial charge in [-0.1, -0.05) is 36.4 Å². The van der Waals surface area contributed by atoms with Crippen LogP contribution < -0.4 is 0 Å². The lowest BCUT2D eigenvalue weighted by atomic mass is 10.1. The van der Waals surface area contributed by atoms with Crippen molar-refractivity contribution in [2.24, 2.45) is 0 Å². The number of aliphatic hydroxyl groups is 2. The molecule has 1 fully saturated rings. The maximum atomic E-state index is 8.08. The van der Waals surface area contributed by atoms with Crippen molar-refractivity contribution >= 4 is 0 Å². The molecule has 1 aromatic carbocycles. The van der Waals surface area contributed by atoms with E-state index in [2.05, 4.69) is 18.7 Å². The zero-order valence-electron chi connectivity index (χ0n) is 14.0. The first-order valence-electron chi connectivity index (χ1n) is 7.83. The van der Waals surface area contributed by atoms with Crippen LogP contribution in [-0.4, -0.2) is 41.6 Å². The van der Waals surface area contributed by atoms with E-state index in [-0.39, 0.29) is 12.4 Å². The van der Waals surface area contributed by atoms with E-state index in [9.17, 15) is 0 Å². The quantitative estimate of drug-likeness (QED) is 0.622. The van der Waals surface area contributed by atoms with E-state index in [1.807, 2.05) is 18.2 Å². The fourth-order valence-electron chi connectivity index (χ4n) is 1.93. The van der Waals surface area contributed by atoms with Gasteiger partial charge in [0.2, 0.25) is 0 Å². The van der Waals surface area contributed by atoms with Gasteiger partial charge in [-0.05, 0) is 25.8 Å². The van der Waals surface area contributed by atoms with Gasteiger partial charge < -0.3 is 24.4 Å². The molecule has 2 unspecified atom stereocenters. The number of hydrogen-bond acceptors (Lipinski definition) is 5. The van der Waals surface area contributed by atoms with Gasteiger partial charge in [0.1, 0.15) is 0 Å². The van der Waals surface area contributed by atoms with Gasteiger partial charge in [0.15, 0.2) is 12.1 Å². The van der Waals surface area contributed by atoms with Crippen molar-refractivity contribution in [3.05, 3.63) is 48.6 Å². The van der Waals surface area contributed by atoms with Crippen LogP contribution >= 0.6 is 0 Å². The summed E-state index contributed by atoms with van der Waals surface area (Å²) in [5.74, 6) is -1.50. The summed E-state index contributed by atoms with van der Waals surface area (Å²) in [5, 5.41) is 16.2. The SMILES string of the molecule is C=CCOC1CCC(OCc2ccccc2)CO1.CC(C)(O)O. The maximum absolute atomic E-state index is 8.08. The van der Waals surface area contributed by atoms with Gasteiger partial charge in [-0.25, -0.2) is 0 Å². The lowest BCUT2D eigenvalue weighted by Gasteiger charge is -2.28. The summed E-state index contributed by atoms with van der Waals surface area (Å²) in [4.78, 5) is 0. The molecule has 1 saturated heterocycles. The fourth-order valence-corrected chi connectivity index (χ4v) is 1.93. The lowest BCUT2D eigenvalue weighted by molar-refractivity contribution is -0.191. The molecule has 2 rings (SSSR count). The summed E-state index contributed by atoms with van der Waals surface area (Å²) in [6, 6.07) is 10.2. The predicted octanol–water partition coefficient (Wildman–Crippen LogP) is 2.62. The third kappa shape index (κ3) is 11.0. The van der Waals surface area contributed by atoms with Gasteiger partial charge in [0, 0.05) is 6.42 Å². The number of benzene rings is 1. The molecule has 1 heterocycles. The van der Waals surface area contributed by atoms with Gasteiger partial charge >= 0.3 is 0 Å². The predicted molar refractivity (Wildman–Crippen MR) is 88.7 cm³/mol. The van der Waals surface area contributed by atoms with E-state index in [1.165, 1.54) is 19.4 Å². The zero-order valence-corrected chi connectivity index (χ0v) is 14.0. The standard InChI is InChI=1S/C15H20O3.C3H8O2/c1-2-10-16-15-9-8-14(12-18-15)17-11-13-6-4-3-5-7-13;1-3(2,4)5/h2-7,14-15H,1,8-12H2;4-5H,1-2H3.